The lowest BCUT2D eigenvalue weighted by atomic mass is 10.1. The van der Waals surface area contributed by atoms with Gasteiger partial charge in [0.15, 0.2) is 0 Å². The molecular weight excluding hydrogens is 380 g/mol. The van der Waals surface area contributed by atoms with Crippen molar-refractivity contribution in [3.8, 4) is 5.88 Å². The van der Waals surface area contributed by atoms with Crippen LogP contribution in [0.1, 0.15) is 43.9 Å². The average molecular weight is 411 g/mol. The van der Waals surface area contributed by atoms with Crippen molar-refractivity contribution < 1.29 is 14.3 Å². The summed E-state index contributed by atoms with van der Waals surface area (Å²) in [6.07, 6.45) is 6.60. The maximum absolute atomic E-state index is 12.1. The fourth-order valence-electron chi connectivity index (χ4n) is 3.75. The number of rotatable bonds is 11. The van der Waals surface area contributed by atoms with E-state index in [1.165, 1.54) is 0 Å². The molecule has 160 valence electrons. The normalized spacial score (nSPS) is 18.6. The van der Waals surface area contributed by atoms with Crippen molar-refractivity contribution >= 4 is 17.9 Å². The molecule has 2 aromatic heterocycles. The molecule has 1 N–H and O–H groups in total. The fourth-order valence-corrected chi connectivity index (χ4v) is 3.75. The Kier molecular flexibility index (Phi) is 7.41. The Hall–Kier alpha value is -2.93. The summed E-state index contributed by atoms with van der Waals surface area (Å²) in [5, 5.41) is 3.51. The van der Waals surface area contributed by atoms with Crippen LogP contribution < -0.4 is 15.0 Å². The molecule has 0 bridgehead atoms. The second-order valence-electron chi connectivity index (χ2n) is 7.27. The molecule has 0 saturated carbocycles. The third-order valence-corrected chi connectivity index (χ3v) is 5.42. The summed E-state index contributed by atoms with van der Waals surface area (Å²) in [6, 6.07) is 8.35. The lowest BCUT2D eigenvalue weighted by molar-refractivity contribution is -0.143. The molecule has 2 aromatic rings. The Morgan fingerprint density at radius 2 is 2.20 bits per heavy atom. The van der Waals surface area contributed by atoms with Gasteiger partial charge in [-0.15, -0.1) is 0 Å². The lowest BCUT2D eigenvalue weighted by Gasteiger charge is -2.18. The first-order chi connectivity index (χ1) is 14.6. The highest BCUT2D eigenvalue weighted by atomic mass is 16.5. The minimum Gasteiger partial charge on any atom is -0.481 e. The SMILES string of the molecule is C=Cc1cccnc1N1C(CCN[C@@H](CC(=O)OCC)c2ccc(OC)nc2)[C@@H]1C. The maximum Gasteiger partial charge on any atom is 0.307 e. The summed E-state index contributed by atoms with van der Waals surface area (Å²) < 4.78 is 10.3. The Labute approximate surface area is 178 Å². The van der Waals surface area contributed by atoms with Crippen LogP contribution in [0.3, 0.4) is 0 Å². The quantitative estimate of drug-likeness (QED) is 0.449. The molecule has 1 saturated heterocycles. The standard InChI is InChI=1S/C23H30N4O3/c1-5-17-8-7-12-25-23(17)27-16(3)20(27)11-13-24-19(14-22(28)30-6-2)18-9-10-21(29-4)26-15-18/h5,7-10,12,15-16,19-20,24H,1,6,11,13-14H2,2-4H3/t16-,19-,20?,27?/m0/s1. The number of ether oxygens (including phenoxy) is 2. The van der Waals surface area contributed by atoms with E-state index in [-0.39, 0.29) is 18.4 Å². The van der Waals surface area contributed by atoms with Crippen molar-refractivity contribution in [1.29, 1.82) is 0 Å². The van der Waals surface area contributed by atoms with Gasteiger partial charge in [-0.1, -0.05) is 18.7 Å². The van der Waals surface area contributed by atoms with Gasteiger partial charge in [0.05, 0.1) is 26.2 Å². The second kappa shape index (κ2) is 10.2. The zero-order valence-electron chi connectivity index (χ0n) is 17.9. The highest BCUT2D eigenvalue weighted by Crippen LogP contribution is 2.37. The van der Waals surface area contributed by atoms with Gasteiger partial charge in [-0.05, 0) is 44.5 Å². The van der Waals surface area contributed by atoms with E-state index in [4.69, 9.17) is 9.47 Å². The molecule has 1 aliphatic heterocycles. The molecule has 0 aromatic carbocycles. The molecule has 1 aliphatic rings. The van der Waals surface area contributed by atoms with Crippen LogP contribution in [0.25, 0.3) is 6.08 Å². The number of carbonyl (C=O) groups is 1. The van der Waals surface area contributed by atoms with Crippen LogP contribution in [0, 0.1) is 0 Å². The average Bonchev–Trinajstić information content (AvgIpc) is 3.41. The molecule has 3 rings (SSSR count). The maximum atomic E-state index is 12.1. The van der Waals surface area contributed by atoms with Crippen molar-refractivity contribution in [2.75, 3.05) is 25.2 Å². The number of carbonyl (C=O) groups excluding carboxylic acids is 1. The zero-order chi connectivity index (χ0) is 21.5. The van der Waals surface area contributed by atoms with Crippen molar-refractivity contribution in [1.82, 2.24) is 15.3 Å². The number of hydrogen-bond acceptors (Lipinski definition) is 7. The number of hydrogen-bond donors (Lipinski definition) is 1. The third-order valence-electron chi connectivity index (χ3n) is 5.42. The summed E-state index contributed by atoms with van der Waals surface area (Å²) in [4.78, 5) is 23.2. The number of anilines is 1. The van der Waals surface area contributed by atoms with Crippen LogP contribution in [0.2, 0.25) is 0 Å². The molecule has 7 nitrogen and oxygen atoms in total. The molecule has 30 heavy (non-hydrogen) atoms. The van der Waals surface area contributed by atoms with Crippen LogP contribution in [0.5, 0.6) is 5.88 Å². The van der Waals surface area contributed by atoms with E-state index in [2.05, 4.69) is 33.7 Å². The van der Waals surface area contributed by atoms with Crippen LogP contribution in [-0.2, 0) is 9.53 Å². The van der Waals surface area contributed by atoms with Crippen molar-refractivity contribution in [3.05, 3.63) is 54.4 Å². The van der Waals surface area contributed by atoms with Gasteiger partial charge in [0.1, 0.15) is 5.82 Å². The highest BCUT2D eigenvalue weighted by Gasteiger charge is 2.44. The van der Waals surface area contributed by atoms with E-state index in [0.717, 1.165) is 29.9 Å². The number of pyridine rings is 2. The van der Waals surface area contributed by atoms with Gasteiger partial charge < -0.3 is 19.7 Å². The first-order valence-corrected chi connectivity index (χ1v) is 10.3. The van der Waals surface area contributed by atoms with Gasteiger partial charge in [0.2, 0.25) is 5.88 Å². The Morgan fingerprint density at radius 3 is 2.87 bits per heavy atom. The van der Waals surface area contributed by atoms with Crippen molar-refractivity contribution in [2.45, 2.75) is 44.8 Å². The molecule has 1 unspecified atom stereocenters. The van der Waals surface area contributed by atoms with Gasteiger partial charge in [-0.2, -0.15) is 0 Å². The van der Waals surface area contributed by atoms with Crippen LogP contribution in [0.15, 0.2) is 43.2 Å². The molecule has 0 amide bonds. The molecule has 0 aliphatic carbocycles. The predicted octanol–water partition coefficient (Wildman–Crippen LogP) is 3.38. The number of aromatic nitrogens is 2. The third kappa shape index (κ3) is 5.16. The smallest absolute Gasteiger partial charge is 0.307 e. The van der Waals surface area contributed by atoms with E-state index in [1.807, 2.05) is 37.4 Å². The monoisotopic (exact) mass is 410 g/mol. The van der Waals surface area contributed by atoms with Gasteiger partial charge in [-0.3, -0.25) is 4.79 Å². The molecular formula is C23H30N4O3. The summed E-state index contributed by atoms with van der Waals surface area (Å²) in [7, 11) is 1.58. The van der Waals surface area contributed by atoms with Crippen LogP contribution in [-0.4, -0.2) is 48.3 Å². The molecule has 7 heteroatoms. The van der Waals surface area contributed by atoms with Gasteiger partial charge in [-0.25, -0.2) is 9.97 Å². The summed E-state index contributed by atoms with van der Waals surface area (Å²) >= 11 is 0. The molecule has 3 heterocycles. The summed E-state index contributed by atoms with van der Waals surface area (Å²) in [5.41, 5.74) is 1.98. The highest BCUT2D eigenvalue weighted by molar-refractivity contribution is 5.70. The van der Waals surface area contributed by atoms with Crippen LogP contribution in [0.4, 0.5) is 5.82 Å². The van der Waals surface area contributed by atoms with E-state index < -0.39 is 0 Å². The first kappa shape index (κ1) is 21.8. The zero-order valence-corrected chi connectivity index (χ0v) is 17.9. The minimum atomic E-state index is -0.226. The predicted molar refractivity (Wildman–Crippen MR) is 117 cm³/mol. The molecule has 0 spiro atoms. The molecule has 1 fully saturated rings. The summed E-state index contributed by atoms with van der Waals surface area (Å²) in [5.74, 6) is 1.30. The van der Waals surface area contributed by atoms with Gasteiger partial charge >= 0.3 is 5.97 Å². The lowest BCUT2D eigenvalue weighted by Crippen LogP contribution is -2.27. The van der Waals surface area contributed by atoms with E-state index in [9.17, 15) is 4.79 Å². The van der Waals surface area contributed by atoms with Crippen LogP contribution >= 0.6 is 0 Å². The van der Waals surface area contributed by atoms with Crippen molar-refractivity contribution in [2.24, 2.45) is 0 Å². The van der Waals surface area contributed by atoms with Gasteiger partial charge in [0, 0.05) is 36.1 Å². The number of nitrogens with zero attached hydrogens (tertiary/aromatic N) is 3. The molecule has 3 atom stereocenters. The first-order valence-electron chi connectivity index (χ1n) is 10.3. The van der Waals surface area contributed by atoms with E-state index >= 15 is 0 Å². The number of nitrogens with one attached hydrogen (secondary N) is 1. The Morgan fingerprint density at radius 1 is 1.37 bits per heavy atom. The number of methoxy groups -OCH3 is 1. The van der Waals surface area contributed by atoms with E-state index in [0.29, 0.717) is 24.6 Å². The topological polar surface area (TPSA) is 76.4 Å². The van der Waals surface area contributed by atoms with Gasteiger partial charge in [0.25, 0.3) is 0 Å². The Bertz CT molecular complexity index is 856. The fraction of sp³-hybridized carbons (Fsp3) is 0.435. The largest absolute Gasteiger partial charge is 0.481 e. The molecule has 0 radical (unpaired) electrons. The summed E-state index contributed by atoms with van der Waals surface area (Å²) in [6.45, 7) is 9.04. The number of esters is 1. The second-order valence-corrected chi connectivity index (χ2v) is 7.27. The van der Waals surface area contributed by atoms with Crippen molar-refractivity contribution in [3.63, 3.8) is 0 Å². The Balaban J connectivity index is 1.61. The van der Waals surface area contributed by atoms with E-state index in [1.54, 1.807) is 19.4 Å². The minimum absolute atomic E-state index is 0.163.